The molecule has 0 saturated heterocycles. The Morgan fingerprint density at radius 1 is 0.643 bits per heavy atom. The van der Waals surface area contributed by atoms with Gasteiger partial charge in [0.1, 0.15) is 0 Å². The van der Waals surface area contributed by atoms with E-state index in [0.29, 0.717) is 39.6 Å². The zero-order valence-electron chi connectivity index (χ0n) is 8.69. The average molecular weight is 242 g/mol. The van der Waals surface area contributed by atoms with Crippen molar-refractivity contribution in [1.82, 2.24) is 0 Å². The van der Waals surface area contributed by atoms with Crippen LogP contribution in [-0.2, 0) is 17.8 Å². The fourth-order valence-electron chi connectivity index (χ4n) is 0.675. The molecule has 4 nitrogen and oxygen atoms in total. The molecule has 0 unspecified atom stereocenters. The largest absolute Gasteiger partial charge is 0.377 e. The summed E-state index contributed by atoms with van der Waals surface area (Å²) < 4.78 is 20.5. The maximum Gasteiger partial charge on any atom is 0.0847 e. The van der Waals surface area contributed by atoms with Crippen LogP contribution in [0.15, 0.2) is 0 Å². The molecule has 0 aliphatic heterocycles. The molecule has 0 aromatic heterocycles. The summed E-state index contributed by atoms with van der Waals surface area (Å²) >= 11 is 2.70. The Morgan fingerprint density at radius 3 is 1.36 bits per heavy atom. The van der Waals surface area contributed by atoms with Gasteiger partial charge in [-0.15, -0.1) is 0 Å². The summed E-state index contributed by atoms with van der Waals surface area (Å²) in [5.41, 5.74) is 0. The van der Waals surface area contributed by atoms with Crippen LogP contribution in [0.25, 0.3) is 0 Å². The number of hydrogen-bond donors (Lipinski definition) is 0. The van der Waals surface area contributed by atoms with Crippen LogP contribution in [0.3, 0.4) is 0 Å². The highest BCUT2D eigenvalue weighted by molar-refractivity contribution is 7.94. The standard InChI is InChI=1S/C8H18O4S2/c1-13-11-7-5-9-3-4-10-6-8-12-14-2/h3-8H2,1-2H3. The molecule has 86 valence electrons. The second kappa shape index (κ2) is 13.5. The first-order valence-corrected chi connectivity index (χ1v) is 6.68. The summed E-state index contributed by atoms with van der Waals surface area (Å²) in [5, 5.41) is 0. The van der Waals surface area contributed by atoms with Gasteiger partial charge < -0.3 is 17.8 Å². The summed E-state index contributed by atoms with van der Waals surface area (Å²) in [6.45, 7) is 3.69. The molecule has 0 saturated carbocycles. The maximum atomic E-state index is 5.23. The van der Waals surface area contributed by atoms with Crippen molar-refractivity contribution in [1.29, 1.82) is 0 Å². The lowest BCUT2D eigenvalue weighted by Crippen LogP contribution is -2.10. The van der Waals surface area contributed by atoms with E-state index in [4.69, 9.17) is 17.8 Å². The monoisotopic (exact) mass is 242 g/mol. The van der Waals surface area contributed by atoms with Crippen molar-refractivity contribution in [2.75, 3.05) is 52.2 Å². The summed E-state index contributed by atoms with van der Waals surface area (Å²) in [6, 6.07) is 0. The van der Waals surface area contributed by atoms with E-state index in [1.165, 1.54) is 24.1 Å². The van der Waals surface area contributed by atoms with E-state index in [1.54, 1.807) is 0 Å². The molecule has 0 aliphatic carbocycles. The molecule has 0 amide bonds. The molecule has 0 aliphatic rings. The van der Waals surface area contributed by atoms with Gasteiger partial charge in [0.05, 0.1) is 39.6 Å². The summed E-state index contributed by atoms with van der Waals surface area (Å²) in [5.74, 6) is 0. The van der Waals surface area contributed by atoms with Gasteiger partial charge in [-0.3, -0.25) is 0 Å². The Morgan fingerprint density at radius 2 is 1.00 bits per heavy atom. The summed E-state index contributed by atoms with van der Waals surface area (Å²) in [7, 11) is 0. The Hall–Kier alpha value is 0.540. The minimum Gasteiger partial charge on any atom is -0.377 e. The van der Waals surface area contributed by atoms with E-state index in [-0.39, 0.29) is 0 Å². The minimum absolute atomic E-state index is 0.608. The average Bonchev–Trinajstić information content (AvgIpc) is 2.21. The molecule has 0 atom stereocenters. The normalized spacial score (nSPS) is 10.7. The van der Waals surface area contributed by atoms with Crippen molar-refractivity contribution in [2.45, 2.75) is 0 Å². The first kappa shape index (κ1) is 14.5. The van der Waals surface area contributed by atoms with Gasteiger partial charge in [-0.1, -0.05) is 0 Å². The smallest absolute Gasteiger partial charge is 0.0847 e. The van der Waals surface area contributed by atoms with E-state index in [9.17, 15) is 0 Å². The Labute approximate surface area is 94.4 Å². The number of rotatable bonds is 11. The van der Waals surface area contributed by atoms with Crippen molar-refractivity contribution in [2.24, 2.45) is 0 Å². The predicted molar refractivity (Wildman–Crippen MR) is 60.6 cm³/mol. The molecule has 0 rings (SSSR count). The first-order valence-electron chi connectivity index (χ1n) is 4.38. The van der Waals surface area contributed by atoms with Gasteiger partial charge in [-0.25, -0.2) is 0 Å². The van der Waals surface area contributed by atoms with Gasteiger partial charge >= 0.3 is 0 Å². The van der Waals surface area contributed by atoms with E-state index in [0.717, 1.165) is 0 Å². The number of ether oxygens (including phenoxy) is 2. The lowest BCUT2D eigenvalue weighted by Gasteiger charge is -2.05. The highest BCUT2D eigenvalue weighted by Crippen LogP contribution is 1.94. The van der Waals surface area contributed by atoms with Crippen LogP contribution in [0.5, 0.6) is 0 Å². The predicted octanol–water partition coefficient (Wildman–Crippen LogP) is 1.61. The Bertz CT molecular complexity index is 93.3. The lowest BCUT2D eigenvalue weighted by molar-refractivity contribution is 0.0311. The van der Waals surface area contributed by atoms with E-state index < -0.39 is 0 Å². The lowest BCUT2D eigenvalue weighted by atomic mass is 10.7. The highest BCUT2D eigenvalue weighted by atomic mass is 32.2. The summed E-state index contributed by atoms with van der Waals surface area (Å²) in [6.07, 6.45) is 3.77. The molecule has 0 radical (unpaired) electrons. The zero-order valence-corrected chi connectivity index (χ0v) is 10.3. The van der Waals surface area contributed by atoms with E-state index in [2.05, 4.69) is 0 Å². The van der Waals surface area contributed by atoms with E-state index >= 15 is 0 Å². The fraction of sp³-hybridized carbons (Fsp3) is 1.00. The third-order valence-corrected chi connectivity index (χ3v) is 2.03. The topological polar surface area (TPSA) is 36.9 Å². The molecule has 0 N–H and O–H groups in total. The van der Waals surface area contributed by atoms with Gasteiger partial charge in [-0.05, 0) is 24.1 Å². The van der Waals surface area contributed by atoms with Gasteiger partial charge in [0.25, 0.3) is 0 Å². The molecular formula is C8H18O4S2. The van der Waals surface area contributed by atoms with Crippen LogP contribution in [0.4, 0.5) is 0 Å². The van der Waals surface area contributed by atoms with Crippen molar-refractivity contribution < 1.29 is 17.8 Å². The molecule has 0 heterocycles. The third kappa shape index (κ3) is 12.5. The quantitative estimate of drug-likeness (QED) is 0.405. The second-order valence-corrected chi connectivity index (χ2v) is 3.34. The molecule has 0 bridgehead atoms. The van der Waals surface area contributed by atoms with Gasteiger partial charge in [-0.2, -0.15) is 0 Å². The van der Waals surface area contributed by atoms with Gasteiger partial charge in [0.15, 0.2) is 0 Å². The number of hydrogen-bond acceptors (Lipinski definition) is 6. The highest BCUT2D eigenvalue weighted by Gasteiger charge is 1.90. The summed E-state index contributed by atoms with van der Waals surface area (Å²) in [4.78, 5) is 0. The van der Waals surface area contributed by atoms with Crippen LogP contribution in [0.2, 0.25) is 0 Å². The SMILES string of the molecule is CSOCCOCCOCCOSC. The molecule has 0 fully saturated rings. The van der Waals surface area contributed by atoms with Crippen molar-refractivity contribution in [3.63, 3.8) is 0 Å². The van der Waals surface area contributed by atoms with Crippen LogP contribution >= 0.6 is 24.1 Å². The molecule has 0 aromatic rings. The molecule has 0 aromatic carbocycles. The van der Waals surface area contributed by atoms with Crippen molar-refractivity contribution >= 4 is 24.1 Å². The van der Waals surface area contributed by atoms with Gasteiger partial charge in [0, 0.05) is 12.5 Å². The van der Waals surface area contributed by atoms with Crippen LogP contribution in [0.1, 0.15) is 0 Å². The Kier molecular flexibility index (Phi) is 14.1. The fourth-order valence-corrected chi connectivity index (χ4v) is 1.14. The van der Waals surface area contributed by atoms with Crippen LogP contribution in [0, 0.1) is 0 Å². The third-order valence-electron chi connectivity index (χ3n) is 1.23. The first-order chi connectivity index (χ1) is 6.91. The van der Waals surface area contributed by atoms with E-state index in [1.807, 2.05) is 12.5 Å². The van der Waals surface area contributed by atoms with Crippen LogP contribution < -0.4 is 0 Å². The zero-order chi connectivity index (χ0) is 10.5. The van der Waals surface area contributed by atoms with Crippen molar-refractivity contribution in [3.8, 4) is 0 Å². The van der Waals surface area contributed by atoms with Gasteiger partial charge in [0.2, 0.25) is 0 Å². The van der Waals surface area contributed by atoms with Crippen molar-refractivity contribution in [3.05, 3.63) is 0 Å². The minimum atomic E-state index is 0.608. The Balaban J connectivity index is 2.78. The molecular weight excluding hydrogens is 224 g/mol. The molecule has 6 heteroatoms. The second-order valence-electron chi connectivity index (χ2n) is 2.20. The molecule has 14 heavy (non-hydrogen) atoms. The van der Waals surface area contributed by atoms with Crippen LogP contribution in [-0.4, -0.2) is 52.2 Å². The molecule has 0 spiro atoms. The maximum absolute atomic E-state index is 5.23.